The first-order valence-corrected chi connectivity index (χ1v) is 7.18. The van der Waals surface area contributed by atoms with Crippen LogP contribution in [0.2, 0.25) is 0 Å². The molecule has 0 saturated carbocycles. The molecule has 0 aromatic heterocycles. The van der Waals surface area contributed by atoms with Crippen LogP contribution in [0.4, 0.5) is 8.78 Å². The van der Waals surface area contributed by atoms with Gasteiger partial charge in [0.2, 0.25) is 0 Å². The summed E-state index contributed by atoms with van der Waals surface area (Å²) in [6, 6.07) is 11.0. The summed E-state index contributed by atoms with van der Waals surface area (Å²) in [5.74, 6) is -1.68. The van der Waals surface area contributed by atoms with E-state index in [0.29, 0.717) is 22.5 Å². The molecule has 24 heavy (non-hydrogen) atoms. The lowest BCUT2D eigenvalue weighted by Crippen LogP contribution is -2.21. The molecule has 6 heteroatoms. The van der Waals surface area contributed by atoms with E-state index in [1.165, 1.54) is 48.5 Å². The number of halogens is 2. The molecule has 2 aliphatic rings. The van der Waals surface area contributed by atoms with E-state index in [2.05, 4.69) is 10.6 Å². The van der Waals surface area contributed by atoms with Crippen molar-refractivity contribution in [2.24, 2.45) is 0 Å². The van der Waals surface area contributed by atoms with Crippen molar-refractivity contribution in [3.8, 4) is 0 Å². The molecule has 2 N–H and O–H groups in total. The van der Waals surface area contributed by atoms with Crippen LogP contribution in [0.25, 0.3) is 11.4 Å². The summed E-state index contributed by atoms with van der Waals surface area (Å²) in [6.45, 7) is 0. The first kappa shape index (κ1) is 14.3. The lowest BCUT2D eigenvalue weighted by molar-refractivity contribution is -0.117. The zero-order valence-electron chi connectivity index (χ0n) is 12.2. The van der Waals surface area contributed by atoms with Crippen LogP contribution in [-0.2, 0) is 9.59 Å². The minimum Gasteiger partial charge on any atom is -0.321 e. The van der Waals surface area contributed by atoms with Gasteiger partial charge >= 0.3 is 0 Å². The van der Waals surface area contributed by atoms with Crippen molar-refractivity contribution in [3.63, 3.8) is 0 Å². The molecule has 2 aromatic carbocycles. The Morgan fingerprint density at radius 1 is 0.583 bits per heavy atom. The number of rotatable bonds is 2. The number of nitrogens with one attached hydrogen (secondary N) is 2. The van der Waals surface area contributed by atoms with E-state index in [0.717, 1.165) is 0 Å². The maximum atomic E-state index is 13.1. The normalized spacial score (nSPS) is 16.4. The molecule has 2 heterocycles. The number of carbonyl (C=O) groups excluding carboxylic acids is 2. The SMILES string of the molecule is O=C1NC(c2ccc(F)cc2)=C2C(=O)NC(c3ccc(F)cc3)=C12. The van der Waals surface area contributed by atoms with Crippen molar-refractivity contribution in [1.29, 1.82) is 0 Å². The van der Waals surface area contributed by atoms with Gasteiger partial charge in [-0.3, -0.25) is 9.59 Å². The Kier molecular flexibility index (Phi) is 3.06. The Bertz CT molecular complexity index is 862. The molecule has 2 aromatic rings. The minimum absolute atomic E-state index is 0.214. The predicted molar refractivity (Wildman–Crippen MR) is 82.9 cm³/mol. The Morgan fingerprint density at radius 2 is 0.917 bits per heavy atom. The minimum atomic E-state index is -0.429. The largest absolute Gasteiger partial charge is 0.321 e. The number of hydrogen-bond acceptors (Lipinski definition) is 2. The maximum absolute atomic E-state index is 13.1. The molecule has 0 unspecified atom stereocenters. The second-order valence-electron chi connectivity index (χ2n) is 5.42. The second-order valence-corrected chi connectivity index (χ2v) is 5.42. The Balaban J connectivity index is 1.88. The molecule has 118 valence electrons. The topological polar surface area (TPSA) is 58.2 Å². The lowest BCUT2D eigenvalue weighted by atomic mass is 10.0. The first-order valence-electron chi connectivity index (χ1n) is 7.18. The van der Waals surface area contributed by atoms with Crippen molar-refractivity contribution in [3.05, 3.63) is 82.4 Å². The van der Waals surface area contributed by atoms with Crippen molar-refractivity contribution in [1.82, 2.24) is 10.6 Å². The van der Waals surface area contributed by atoms with Gasteiger partial charge in [0.05, 0.1) is 22.5 Å². The second kappa shape index (κ2) is 5.13. The third-order valence-corrected chi connectivity index (χ3v) is 3.95. The smallest absolute Gasteiger partial charge is 0.258 e. The average Bonchev–Trinajstić information content (AvgIpc) is 3.08. The van der Waals surface area contributed by atoms with Gasteiger partial charge in [0.1, 0.15) is 11.6 Å². The van der Waals surface area contributed by atoms with Crippen LogP contribution >= 0.6 is 0 Å². The standard InChI is InChI=1S/C18H10F2N2O2/c19-11-5-1-9(2-6-11)15-13-14(18(24)21-15)16(22-17(13)23)10-3-7-12(20)8-4-10/h1-8H,(H,21,24)(H,22,23). The van der Waals surface area contributed by atoms with Gasteiger partial charge in [0, 0.05) is 0 Å². The average molecular weight is 324 g/mol. The van der Waals surface area contributed by atoms with Crippen LogP contribution in [0.3, 0.4) is 0 Å². The summed E-state index contributed by atoms with van der Waals surface area (Å²) in [6.07, 6.45) is 0. The number of benzene rings is 2. The highest BCUT2D eigenvalue weighted by molar-refractivity contribution is 6.30. The fourth-order valence-corrected chi connectivity index (χ4v) is 2.85. The maximum Gasteiger partial charge on any atom is 0.258 e. The molecule has 0 radical (unpaired) electrons. The molecule has 0 atom stereocenters. The molecule has 4 nitrogen and oxygen atoms in total. The molecule has 2 aliphatic heterocycles. The Hall–Kier alpha value is -3.28. The first-order chi connectivity index (χ1) is 11.5. The van der Waals surface area contributed by atoms with Crippen LogP contribution in [0.15, 0.2) is 59.7 Å². The van der Waals surface area contributed by atoms with E-state index in [9.17, 15) is 18.4 Å². The van der Waals surface area contributed by atoms with Gasteiger partial charge in [-0.25, -0.2) is 8.78 Å². The van der Waals surface area contributed by atoms with Gasteiger partial charge < -0.3 is 10.6 Å². The zero-order chi connectivity index (χ0) is 16.8. The van der Waals surface area contributed by atoms with Crippen LogP contribution in [0, 0.1) is 11.6 Å². The van der Waals surface area contributed by atoms with E-state index in [1.807, 2.05) is 0 Å². The van der Waals surface area contributed by atoms with E-state index >= 15 is 0 Å². The molecule has 0 bridgehead atoms. The van der Waals surface area contributed by atoms with E-state index in [-0.39, 0.29) is 11.1 Å². The van der Waals surface area contributed by atoms with E-state index in [1.54, 1.807) is 0 Å². The third-order valence-electron chi connectivity index (χ3n) is 3.95. The molecule has 0 fully saturated rings. The van der Waals surface area contributed by atoms with Gasteiger partial charge in [-0.1, -0.05) is 0 Å². The molecule has 4 rings (SSSR count). The summed E-state index contributed by atoms with van der Waals surface area (Å²) in [7, 11) is 0. The Labute approximate surface area is 135 Å². The molecule has 0 aliphatic carbocycles. The number of amides is 2. The fraction of sp³-hybridized carbons (Fsp3) is 0. The van der Waals surface area contributed by atoms with Crippen molar-refractivity contribution in [2.75, 3.05) is 0 Å². The van der Waals surface area contributed by atoms with Crippen LogP contribution in [0.1, 0.15) is 11.1 Å². The van der Waals surface area contributed by atoms with Crippen LogP contribution in [0.5, 0.6) is 0 Å². The zero-order valence-corrected chi connectivity index (χ0v) is 12.2. The molecule has 0 spiro atoms. The van der Waals surface area contributed by atoms with Gasteiger partial charge in [0.15, 0.2) is 0 Å². The summed E-state index contributed by atoms with van der Waals surface area (Å²) < 4.78 is 26.2. The summed E-state index contributed by atoms with van der Waals surface area (Å²) in [5, 5.41) is 5.32. The molecular weight excluding hydrogens is 314 g/mol. The van der Waals surface area contributed by atoms with E-state index < -0.39 is 23.4 Å². The fourth-order valence-electron chi connectivity index (χ4n) is 2.85. The monoisotopic (exact) mass is 324 g/mol. The third kappa shape index (κ3) is 2.11. The van der Waals surface area contributed by atoms with Crippen LogP contribution < -0.4 is 10.6 Å². The molecule has 2 amide bonds. The van der Waals surface area contributed by atoms with Gasteiger partial charge in [-0.05, 0) is 59.7 Å². The number of fused-ring (bicyclic) bond motifs is 1. The predicted octanol–water partition coefficient (Wildman–Crippen LogP) is 2.35. The van der Waals surface area contributed by atoms with Gasteiger partial charge in [0.25, 0.3) is 11.8 Å². The summed E-state index contributed by atoms with van der Waals surface area (Å²) in [5.41, 5.74) is 2.17. The highest BCUT2D eigenvalue weighted by Gasteiger charge is 2.40. The highest BCUT2D eigenvalue weighted by atomic mass is 19.1. The molecular formula is C18H10F2N2O2. The summed E-state index contributed by atoms with van der Waals surface area (Å²) >= 11 is 0. The van der Waals surface area contributed by atoms with Gasteiger partial charge in [-0.2, -0.15) is 0 Å². The highest BCUT2D eigenvalue weighted by Crippen LogP contribution is 2.37. The quantitative estimate of drug-likeness (QED) is 0.891. The van der Waals surface area contributed by atoms with Crippen molar-refractivity contribution in [2.45, 2.75) is 0 Å². The Morgan fingerprint density at radius 3 is 1.25 bits per heavy atom. The number of hydrogen-bond donors (Lipinski definition) is 2. The van der Waals surface area contributed by atoms with E-state index in [4.69, 9.17) is 0 Å². The summed E-state index contributed by atoms with van der Waals surface area (Å²) in [4.78, 5) is 24.7. The molecule has 0 saturated heterocycles. The number of carbonyl (C=O) groups is 2. The van der Waals surface area contributed by atoms with Crippen molar-refractivity contribution >= 4 is 23.2 Å². The van der Waals surface area contributed by atoms with Crippen molar-refractivity contribution < 1.29 is 18.4 Å². The van der Waals surface area contributed by atoms with Gasteiger partial charge in [-0.15, -0.1) is 0 Å². The lowest BCUT2D eigenvalue weighted by Gasteiger charge is -2.07. The van der Waals surface area contributed by atoms with Crippen LogP contribution in [-0.4, -0.2) is 11.8 Å².